The standard InChI is InChI=1S/C20H20N4OS2/c1-12-8-16(11-22-23-19(25)9-17-6-5-7-26-17)14(3)24(12)20-18(10-21)13(2)15(4)27-20/h5-8,11H,9H2,1-4H3,(H,23,25)/b22-11-. The SMILES string of the molecule is Cc1sc(-n2c(C)cc(/C=N\NC(=O)Cc3cccs3)c2C)c(C#N)c1C. The maximum atomic E-state index is 11.9. The molecule has 0 aliphatic carbocycles. The summed E-state index contributed by atoms with van der Waals surface area (Å²) in [4.78, 5) is 14.1. The number of nitrogens with zero attached hydrogens (tertiary/aromatic N) is 3. The summed E-state index contributed by atoms with van der Waals surface area (Å²) in [6, 6.07) is 8.19. The maximum absolute atomic E-state index is 11.9. The molecule has 0 saturated heterocycles. The number of aromatic nitrogens is 1. The summed E-state index contributed by atoms with van der Waals surface area (Å²) in [5.41, 5.74) is 7.25. The Labute approximate surface area is 166 Å². The minimum absolute atomic E-state index is 0.140. The lowest BCUT2D eigenvalue weighted by Crippen LogP contribution is -2.19. The Bertz CT molecular complexity index is 1050. The molecule has 0 unspecified atom stereocenters. The summed E-state index contributed by atoms with van der Waals surface area (Å²) in [6.07, 6.45) is 1.98. The number of aryl methyl sites for hydroxylation is 2. The second-order valence-corrected chi connectivity index (χ2v) is 8.52. The number of nitrogens with one attached hydrogen (secondary N) is 1. The summed E-state index contributed by atoms with van der Waals surface area (Å²) in [6.45, 7) is 8.01. The molecule has 0 aliphatic rings. The Balaban J connectivity index is 1.81. The van der Waals surface area contributed by atoms with E-state index < -0.39 is 0 Å². The van der Waals surface area contributed by atoms with Crippen molar-refractivity contribution in [2.24, 2.45) is 5.10 Å². The number of hydrogen-bond acceptors (Lipinski definition) is 5. The number of amides is 1. The third-order valence-corrected chi connectivity index (χ3v) is 6.53. The van der Waals surface area contributed by atoms with Gasteiger partial charge in [0.1, 0.15) is 11.1 Å². The highest BCUT2D eigenvalue weighted by Crippen LogP contribution is 2.33. The predicted octanol–water partition coefficient (Wildman–Crippen LogP) is 4.40. The summed E-state index contributed by atoms with van der Waals surface area (Å²) >= 11 is 3.17. The fourth-order valence-electron chi connectivity index (χ4n) is 2.91. The Kier molecular flexibility index (Phi) is 5.59. The van der Waals surface area contributed by atoms with E-state index in [0.29, 0.717) is 12.0 Å². The van der Waals surface area contributed by atoms with Crippen LogP contribution in [0.1, 0.15) is 37.8 Å². The summed E-state index contributed by atoms with van der Waals surface area (Å²) < 4.78 is 2.08. The van der Waals surface area contributed by atoms with Crippen LogP contribution in [-0.4, -0.2) is 16.7 Å². The molecule has 1 amide bonds. The number of nitriles is 1. The molecule has 3 heterocycles. The van der Waals surface area contributed by atoms with Crippen molar-refractivity contribution < 1.29 is 4.79 Å². The topological polar surface area (TPSA) is 70.2 Å². The average molecular weight is 397 g/mol. The largest absolute Gasteiger partial charge is 0.308 e. The third kappa shape index (κ3) is 3.87. The van der Waals surface area contributed by atoms with Gasteiger partial charge >= 0.3 is 0 Å². The Hall–Kier alpha value is -2.69. The van der Waals surface area contributed by atoms with Gasteiger partial charge < -0.3 is 4.57 Å². The quantitative estimate of drug-likeness (QED) is 0.513. The minimum atomic E-state index is -0.140. The molecule has 27 heavy (non-hydrogen) atoms. The highest BCUT2D eigenvalue weighted by atomic mass is 32.1. The fourth-order valence-corrected chi connectivity index (χ4v) is 4.84. The molecule has 0 aliphatic heterocycles. The van der Waals surface area contributed by atoms with Crippen LogP contribution in [0.2, 0.25) is 0 Å². The molecule has 0 aromatic carbocycles. The van der Waals surface area contributed by atoms with Gasteiger partial charge in [0.2, 0.25) is 5.91 Å². The summed E-state index contributed by atoms with van der Waals surface area (Å²) in [5, 5.41) is 16.5. The number of rotatable bonds is 5. The molecule has 0 atom stereocenters. The number of hydrazone groups is 1. The molecule has 0 fully saturated rings. The van der Waals surface area contributed by atoms with Crippen LogP contribution in [0.3, 0.4) is 0 Å². The van der Waals surface area contributed by atoms with E-state index in [4.69, 9.17) is 0 Å². The normalized spacial score (nSPS) is 11.1. The molecule has 3 rings (SSSR count). The highest BCUT2D eigenvalue weighted by Gasteiger charge is 2.18. The van der Waals surface area contributed by atoms with Crippen LogP contribution in [0, 0.1) is 39.0 Å². The minimum Gasteiger partial charge on any atom is -0.308 e. The molecule has 138 valence electrons. The number of carbonyl (C=O) groups excluding carboxylic acids is 1. The first kappa shape index (κ1) is 19.1. The van der Waals surface area contributed by atoms with Crippen LogP contribution >= 0.6 is 22.7 Å². The zero-order chi connectivity index (χ0) is 19.6. The van der Waals surface area contributed by atoms with Gasteiger partial charge in [-0.05, 0) is 50.8 Å². The van der Waals surface area contributed by atoms with Crippen LogP contribution < -0.4 is 5.43 Å². The van der Waals surface area contributed by atoms with Crippen LogP contribution in [0.15, 0.2) is 28.7 Å². The lowest BCUT2D eigenvalue weighted by Gasteiger charge is -2.07. The monoisotopic (exact) mass is 396 g/mol. The van der Waals surface area contributed by atoms with Gasteiger partial charge in [-0.25, -0.2) is 5.43 Å². The lowest BCUT2D eigenvalue weighted by molar-refractivity contribution is -0.120. The van der Waals surface area contributed by atoms with Gasteiger partial charge in [-0.1, -0.05) is 6.07 Å². The molecular formula is C20H20N4OS2. The highest BCUT2D eigenvalue weighted by molar-refractivity contribution is 7.15. The van der Waals surface area contributed by atoms with Crippen molar-refractivity contribution >= 4 is 34.8 Å². The number of carbonyl (C=O) groups is 1. The van der Waals surface area contributed by atoms with Crippen molar-refractivity contribution in [1.82, 2.24) is 9.99 Å². The smallest absolute Gasteiger partial charge is 0.245 e. The molecule has 7 heteroatoms. The van der Waals surface area contributed by atoms with Crippen molar-refractivity contribution in [3.05, 3.63) is 61.4 Å². The van der Waals surface area contributed by atoms with Crippen LogP contribution in [-0.2, 0) is 11.2 Å². The molecular weight excluding hydrogens is 376 g/mol. The first-order valence-corrected chi connectivity index (χ1v) is 10.2. The second kappa shape index (κ2) is 7.91. The van der Waals surface area contributed by atoms with Gasteiger partial charge in [-0.3, -0.25) is 4.79 Å². The number of thiophene rings is 2. The van der Waals surface area contributed by atoms with Gasteiger partial charge in [0, 0.05) is 26.7 Å². The molecule has 0 spiro atoms. The van der Waals surface area contributed by atoms with Gasteiger partial charge in [0.05, 0.1) is 18.2 Å². The van der Waals surface area contributed by atoms with Crippen molar-refractivity contribution in [1.29, 1.82) is 5.26 Å². The molecule has 1 N–H and O–H groups in total. The third-order valence-electron chi connectivity index (χ3n) is 4.46. The Morgan fingerprint density at radius 2 is 2.15 bits per heavy atom. The van der Waals surface area contributed by atoms with E-state index in [0.717, 1.165) is 37.3 Å². The van der Waals surface area contributed by atoms with Crippen LogP contribution in [0.5, 0.6) is 0 Å². The zero-order valence-electron chi connectivity index (χ0n) is 15.7. The van der Waals surface area contributed by atoms with E-state index >= 15 is 0 Å². The summed E-state index contributed by atoms with van der Waals surface area (Å²) in [5.74, 6) is -0.140. The number of hydrogen-bond donors (Lipinski definition) is 1. The van der Waals surface area contributed by atoms with Gasteiger partial charge in [0.25, 0.3) is 0 Å². The van der Waals surface area contributed by atoms with Crippen LogP contribution in [0.25, 0.3) is 5.00 Å². The average Bonchev–Trinajstić information content (AvgIpc) is 3.29. The fraction of sp³-hybridized carbons (Fsp3) is 0.250. The lowest BCUT2D eigenvalue weighted by atomic mass is 10.2. The Morgan fingerprint density at radius 1 is 1.37 bits per heavy atom. The molecule has 5 nitrogen and oxygen atoms in total. The molecule has 0 radical (unpaired) electrons. The van der Waals surface area contributed by atoms with E-state index in [1.54, 1.807) is 28.9 Å². The molecule has 3 aromatic rings. The van der Waals surface area contributed by atoms with Gasteiger partial charge in [0.15, 0.2) is 0 Å². The predicted molar refractivity (Wildman–Crippen MR) is 111 cm³/mol. The maximum Gasteiger partial charge on any atom is 0.245 e. The van der Waals surface area contributed by atoms with Gasteiger partial charge in [-0.15, -0.1) is 22.7 Å². The molecule has 3 aromatic heterocycles. The Morgan fingerprint density at radius 3 is 2.81 bits per heavy atom. The van der Waals surface area contributed by atoms with Crippen molar-refractivity contribution in [2.75, 3.05) is 0 Å². The first-order chi connectivity index (χ1) is 12.9. The van der Waals surface area contributed by atoms with E-state index in [-0.39, 0.29) is 5.91 Å². The van der Waals surface area contributed by atoms with Crippen LogP contribution in [0.4, 0.5) is 0 Å². The van der Waals surface area contributed by atoms with Crippen molar-refractivity contribution in [2.45, 2.75) is 34.1 Å². The van der Waals surface area contributed by atoms with E-state index in [1.165, 1.54) is 0 Å². The van der Waals surface area contributed by atoms with Gasteiger partial charge in [-0.2, -0.15) is 10.4 Å². The van der Waals surface area contributed by atoms with Crippen molar-refractivity contribution in [3.63, 3.8) is 0 Å². The van der Waals surface area contributed by atoms with E-state index in [1.807, 2.05) is 51.3 Å². The zero-order valence-corrected chi connectivity index (χ0v) is 17.3. The first-order valence-electron chi connectivity index (χ1n) is 8.46. The van der Waals surface area contributed by atoms with E-state index in [2.05, 4.69) is 21.2 Å². The van der Waals surface area contributed by atoms with Crippen molar-refractivity contribution in [3.8, 4) is 11.1 Å². The van der Waals surface area contributed by atoms with E-state index in [9.17, 15) is 10.1 Å². The second-order valence-electron chi connectivity index (χ2n) is 6.29. The summed E-state index contributed by atoms with van der Waals surface area (Å²) in [7, 11) is 0. The molecule has 0 bridgehead atoms. The molecule has 0 saturated carbocycles.